The summed E-state index contributed by atoms with van der Waals surface area (Å²) < 4.78 is 10.0. The maximum atomic E-state index is 10.2. The molecule has 1 saturated heterocycles. The number of hydrogen-bond donors (Lipinski definition) is 3. The molecule has 14 nitrogen and oxygen atoms in total. The van der Waals surface area contributed by atoms with Gasteiger partial charge in [0.05, 0.1) is 25.9 Å². The van der Waals surface area contributed by atoms with E-state index in [0.29, 0.717) is 18.9 Å². The molecule has 1 aliphatic rings. The third kappa shape index (κ3) is 3.95. The number of aliphatic hydroxyl groups is 3. The van der Waals surface area contributed by atoms with E-state index >= 15 is 0 Å². The van der Waals surface area contributed by atoms with Gasteiger partial charge in [0.2, 0.25) is 0 Å². The summed E-state index contributed by atoms with van der Waals surface area (Å²) in [6.45, 7) is 0.361. The molecule has 1 unspecified atom stereocenters. The molecule has 156 valence electrons. The Morgan fingerprint density at radius 2 is 1.55 bits per heavy atom. The first kappa shape index (κ1) is 19.4. The van der Waals surface area contributed by atoms with Crippen molar-refractivity contribution < 1.29 is 20.1 Å². The maximum absolute atomic E-state index is 10.2. The van der Waals surface area contributed by atoms with Gasteiger partial charge in [-0.3, -0.25) is 9.36 Å². The number of anilines is 1. The van der Waals surface area contributed by atoms with Gasteiger partial charge >= 0.3 is 0 Å². The fraction of sp³-hybridized carbons (Fsp3) is 0.600. The molecule has 0 spiro atoms. The Kier molecular flexibility index (Phi) is 5.23. The molecule has 0 amide bonds. The van der Waals surface area contributed by atoms with Crippen LogP contribution in [0.3, 0.4) is 0 Å². The van der Waals surface area contributed by atoms with Crippen LogP contribution in [0.4, 0.5) is 5.82 Å². The minimum Gasteiger partial charge on any atom is -0.394 e. The van der Waals surface area contributed by atoms with Crippen LogP contribution in [0.1, 0.15) is 17.6 Å². The van der Waals surface area contributed by atoms with Gasteiger partial charge < -0.3 is 25.0 Å². The maximum Gasteiger partial charge on any atom is 0.180 e. The molecule has 1 fully saturated rings. The largest absolute Gasteiger partial charge is 0.394 e. The van der Waals surface area contributed by atoms with E-state index < -0.39 is 31.1 Å². The third-order valence-corrected chi connectivity index (χ3v) is 4.61. The SMILES string of the molecule is Cn1cc(CN(Cc2cn(C)nn2)c2cn([C@@H]3O[C@H](CO)[C@H](O)C3O)nn2)nn1. The van der Waals surface area contributed by atoms with E-state index in [1.807, 2.05) is 4.90 Å². The summed E-state index contributed by atoms with van der Waals surface area (Å²) in [5.41, 5.74) is 1.44. The van der Waals surface area contributed by atoms with E-state index in [2.05, 4.69) is 30.9 Å². The number of rotatable bonds is 7. The molecule has 0 bridgehead atoms. The second-order valence-corrected chi connectivity index (χ2v) is 6.91. The molecular weight excluding hydrogens is 384 g/mol. The lowest BCUT2D eigenvalue weighted by atomic mass is 10.1. The van der Waals surface area contributed by atoms with Crippen molar-refractivity contribution in [1.82, 2.24) is 45.0 Å². The van der Waals surface area contributed by atoms with Crippen molar-refractivity contribution in [2.24, 2.45) is 14.1 Å². The average Bonchev–Trinajstić information content (AvgIpc) is 3.46. The number of hydrogen-bond acceptors (Lipinski definition) is 11. The number of ether oxygens (including phenoxy) is 1. The Bertz CT molecular complexity index is 912. The monoisotopic (exact) mass is 406 g/mol. The van der Waals surface area contributed by atoms with Crippen LogP contribution in [0.2, 0.25) is 0 Å². The van der Waals surface area contributed by atoms with Crippen molar-refractivity contribution in [2.45, 2.75) is 37.6 Å². The molecule has 0 radical (unpaired) electrons. The van der Waals surface area contributed by atoms with E-state index in [9.17, 15) is 15.3 Å². The van der Waals surface area contributed by atoms with Crippen LogP contribution in [0, 0.1) is 0 Å². The Morgan fingerprint density at radius 1 is 0.931 bits per heavy atom. The molecule has 14 heteroatoms. The van der Waals surface area contributed by atoms with Crippen LogP contribution < -0.4 is 4.90 Å². The van der Waals surface area contributed by atoms with Crippen molar-refractivity contribution in [3.8, 4) is 0 Å². The smallest absolute Gasteiger partial charge is 0.180 e. The van der Waals surface area contributed by atoms with Crippen LogP contribution in [-0.2, 0) is 31.9 Å². The van der Waals surface area contributed by atoms with Gasteiger partial charge in [-0.05, 0) is 0 Å². The van der Waals surface area contributed by atoms with Crippen molar-refractivity contribution in [2.75, 3.05) is 11.5 Å². The first-order valence-corrected chi connectivity index (χ1v) is 8.94. The van der Waals surface area contributed by atoms with Crippen molar-refractivity contribution in [3.05, 3.63) is 30.0 Å². The third-order valence-electron chi connectivity index (χ3n) is 4.61. The highest BCUT2D eigenvalue weighted by molar-refractivity contribution is 5.36. The molecule has 3 aromatic rings. The first-order chi connectivity index (χ1) is 13.9. The van der Waals surface area contributed by atoms with Crippen molar-refractivity contribution in [1.29, 1.82) is 0 Å². The minimum atomic E-state index is -1.24. The Labute approximate surface area is 164 Å². The number of aliphatic hydroxyl groups excluding tert-OH is 3. The van der Waals surface area contributed by atoms with E-state index in [1.54, 1.807) is 42.0 Å². The topological polar surface area (TPSA) is 165 Å². The first-order valence-electron chi connectivity index (χ1n) is 8.94. The van der Waals surface area contributed by atoms with Gasteiger partial charge in [0.25, 0.3) is 0 Å². The number of aromatic nitrogens is 9. The quantitative estimate of drug-likeness (QED) is 0.375. The summed E-state index contributed by atoms with van der Waals surface area (Å²) in [6, 6.07) is 0. The molecule has 3 aromatic heterocycles. The molecule has 3 N–H and O–H groups in total. The molecular formula is C15H22N10O4. The summed E-state index contributed by atoms with van der Waals surface area (Å²) in [7, 11) is 3.56. The highest BCUT2D eigenvalue weighted by atomic mass is 16.6. The molecule has 1 aliphatic heterocycles. The van der Waals surface area contributed by atoms with Crippen molar-refractivity contribution in [3.63, 3.8) is 0 Å². The lowest BCUT2D eigenvalue weighted by Crippen LogP contribution is -2.33. The highest BCUT2D eigenvalue weighted by Crippen LogP contribution is 2.29. The number of aryl methyl sites for hydroxylation is 2. The molecule has 4 heterocycles. The summed E-state index contributed by atoms with van der Waals surface area (Å²) >= 11 is 0. The van der Waals surface area contributed by atoms with E-state index in [0.717, 1.165) is 11.4 Å². The van der Waals surface area contributed by atoms with E-state index in [-0.39, 0.29) is 0 Å². The van der Waals surface area contributed by atoms with Gasteiger partial charge in [0.1, 0.15) is 29.7 Å². The molecule has 29 heavy (non-hydrogen) atoms. The van der Waals surface area contributed by atoms with Crippen LogP contribution in [0.15, 0.2) is 18.6 Å². The zero-order valence-electron chi connectivity index (χ0n) is 15.9. The predicted octanol–water partition coefficient (Wildman–Crippen LogP) is -2.65. The zero-order valence-corrected chi connectivity index (χ0v) is 15.9. The Balaban J connectivity index is 1.57. The lowest BCUT2D eigenvalue weighted by molar-refractivity contribution is -0.0594. The van der Waals surface area contributed by atoms with Crippen molar-refractivity contribution >= 4 is 5.82 Å². The molecule has 0 saturated carbocycles. The summed E-state index contributed by atoms with van der Waals surface area (Å²) in [6.07, 6.45) is 0.868. The van der Waals surface area contributed by atoms with Gasteiger partial charge in [-0.15, -0.1) is 15.3 Å². The van der Waals surface area contributed by atoms with E-state index in [1.165, 1.54) is 4.68 Å². The normalized spacial score (nSPS) is 24.3. The van der Waals surface area contributed by atoms with E-state index in [4.69, 9.17) is 4.74 Å². The predicted molar refractivity (Wildman–Crippen MR) is 94.9 cm³/mol. The van der Waals surface area contributed by atoms with Crippen LogP contribution >= 0.6 is 0 Å². The van der Waals surface area contributed by atoms with Gasteiger partial charge in [0.15, 0.2) is 12.0 Å². The average molecular weight is 406 g/mol. The fourth-order valence-electron chi connectivity index (χ4n) is 3.18. The molecule has 4 rings (SSSR count). The van der Waals surface area contributed by atoms with Crippen LogP contribution in [0.25, 0.3) is 0 Å². The summed E-state index contributed by atoms with van der Waals surface area (Å²) in [5, 5.41) is 53.7. The van der Waals surface area contributed by atoms with Gasteiger partial charge in [-0.25, -0.2) is 4.68 Å². The number of nitrogens with zero attached hydrogens (tertiary/aromatic N) is 10. The molecule has 0 aliphatic carbocycles. The van der Waals surface area contributed by atoms with Gasteiger partial charge in [-0.1, -0.05) is 15.6 Å². The Morgan fingerprint density at radius 3 is 2.03 bits per heavy atom. The Hall–Kier alpha value is -2.94. The standard InChI is InChI=1S/C15H22N10O4/c1-22-3-9(16-19-22)5-24(6-10-4-23(2)20-17-10)12-7-25(21-18-12)15-14(28)13(27)11(8-26)29-15/h3-4,7,11,13-15,26-28H,5-6,8H2,1-2H3/t11-,13+,14?,15-/m1/s1. The fourth-order valence-corrected chi connectivity index (χ4v) is 3.18. The van der Waals surface area contributed by atoms with Crippen LogP contribution in [-0.4, -0.2) is 85.2 Å². The molecule has 0 aromatic carbocycles. The summed E-state index contributed by atoms with van der Waals surface area (Å²) in [5.74, 6) is 0.485. The summed E-state index contributed by atoms with van der Waals surface area (Å²) in [4.78, 5) is 1.87. The zero-order chi connectivity index (χ0) is 20.5. The molecule has 4 atom stereocenters. The lowest BCUT2D eigenvalue weighted by Gasteiger charge is -2.19. The second kappa shape index (κ2) is 7.82. The van der Waals surface area contributed by atoms with Gasteiger partial charge in [-0.2, -0.15) is 0 Å². The van der Waals surface area contributed by atoms with Gasteiger partial charge in [0, 0.05) is 26.5 Å². The van der Waals surface area contributed by atoms with Crippen LogP contribution in [0.5, 0.6) is 0 Å². The minimum absolute atomic E-state index is 0.388. The highest BCUT2D eigenvalue weighted by Gasteiger charge is 2.44. The second-order valence-electron chi connectivity index (χ2n) is 6.91.